The summed E-state index contributed by atoms with van der Waals surface area (Å²) in [5.74, 6) is -0.538. The maximum absolute atomic E-state index is 11.7. The Hall–Kier alpha value is -2.17. The van der Waals surface area contributed by atoms with Gasteiger partial charge in [-0.05, 0) is 24.0 Å². The fraction of sp³-hybridized carbons (Fsp3) is 0.471. The number of amides is 1. The Morgan fingerprint density at radius 1 is 1.32 bits per heavy atom. The van der Waals surface area contributed by atoms with E-state index in [4.69, 9.17) is 5.73 Å². The molecule has 2 rings (SSSR count). The fourth-order valence-corrected chi connectivity index (χ4v) is 2.88. The second kappa shape index (κ2) is 6.73. The molecule has 0 saturated carbocycles. The van der Waals surface area contributed by atoms with E-state index in [9.17, 15) is 9.59 Å². The van der Waals surface area contributed by atoms with E-state index in [1.165, 1.54) is 24.4 Å². The molecule has 0 aliphatic carbocycles. The highest BCUT2D eigenvalue weighted by molar-refractivity contribution is 6.07. The average molecular weight is 301 g/mol. The number of unbranched alkanes of at least 4 members (excludes halogenated alkanes) is 2. The topological polar surface area (TPSA) is 78.0 Å². The Kier molecular flexibility index (Phi) is 4.96. The van der Waals surface area contributed by atoms with Crippen molar-refractivity contribution in [3.8, 4) is 0 Å². The molecule has 0 saturated heterocycles. The number of nitrogens with zero attached hydrogens (tertiary/aromatic N) is 2. The van der Waals surface area contributed by atoms with Gasteiger partial charge in [-0.25, -0.2) is 0 Å². The van der Waals surface area contributed by atoms with Gasteiger partial charge in [-0.1, -0.05) is 45.2 Å². The monoisotopic (exact) mass is 301 g/mol. The molecule has 1 aromatic heterocycles. The average Bonchev–Trinajstić information content (AvgIpc) is 2.87. The van der Waals surface area contributed by atoms with Crippen LogP contribution in [0.1, 0.15) is 73.2 Å². The van der Waals surface area contributed by atoms with Crippen LogP contribution in [0.4, 0.5) is 0 Å². The first-order chi connectivity index (χ1) is 10.5. The number of carbonyl (C=O) groups excluding carboxylic acids is 2. The van der Waals surface area contributed by atoms with E-state index in [2.05, 4.69) is 18.9 Å². The summed E-state index contributed by atoms with van der Waals surface area (Å²) in [6.45, 7) is 5.74. The van der Waals surface area contributed by atoms with Gasteiger partial charge in [-0.2, -0.15) is 9.78 Å². The van der Waals surface area contributed by atoms with Crippen LogP contribution in [0.2, 0.25) is 0 Å². The summed E-state index contributed by atoms with van der Waals surface area (Å²) in [7, 11) is 0. The van der Waals surface area contributed by atoms with Crippen molar-refractivity contribution in [2.45, 2.75) is 52.4 Å². The van der Waals surface area contributed by atoms with E-state index in [0.29, 0.717) is 10.9 Å². The third-order valence-electron chi connectivity index (χ3n) is 4.04. The number of hydrogen-bond donors (Lipinski definition) is 1. The zero-order chi connectivity index (χ0) is 16.3. The lowest BCUT2D eigenvalue weighted by Crippen LogP contribution is -2.14. The lowest BCUT2D eigenvalue weighted by Gasteiger charge is -2.13. The van der Waals surface area contributed by atoms with Crippen LogP contribution >= 0.6 is 0 Å². The molecule has 5 nitrogen and oxygen atoms in total. The molecule has 0 aliphatic heterocycles. The zero-order valence-electron chi connectivity index (χ0n) is 13.4. The summed E-state index contributed by atoms with van der Waals surface area (Å²) >= 11 is 0. The lowest BCUT2D eigenvalue weighted by molar-refractivity contribution is 0.0925. The summed E-state index contributed by atoms with van der Waals surface area (Å²) in [4.78, 5) is 23.5. The van der Waals surface area contributed by atoms with Gasteiger partial charge in [0.1, 0.15) is 0 Å². The fourth-order valence-electron chi connectivity index (χ4n) is 2.88. The summed E-state index contributed by atoms with van der Waals surface area (Å²) in [5.41, 5.74) is 7.33. The molecular formula is C17H23N3O2. The Labute approximate surface area is 130 Å². The summed E-state index contributed by atoms with van der Waals surface area (Å²) in [5, 5.41) is 4.84. The van der Waals surface area contributed by atoms with Crippen LogP contribution < -0.4 is 5.73 Å². The SMILES string of the molecule is CCCCCC(C)c1cccc2c1c(C(N)=O)nn2C(C)=O. The Bertz CT molecular complexity index is 703. The third-order valence-corrected chi connectivity index (χ3v) is 4.04. The Morgan fingerprint density at radius 3 is 2.64 bits per heavy atom. The molecule has 0 aliphatic rings. The van der Waals surface area contributed by atoms with Crippen LogP contribution in [0.25, 0.3) is 10.9 Å². The zero-order valence-corrected chi connectivity index (χ0v) is 13.4. The molecule has 0 radical (unpaired) electrons. The van der Waals surface area contributed by atoms with Crippen LogP contribution in [0, 0.1) is 0 Å². The van der Waals surface area contributed by atoms with Crippen LogP contribution in [0.15, 0.2) is 18.2 Å². The number of nitrogens with two attached hydrogens (primary N) is 1. The minimum atomic E-state index is -0.599. The van der Waals surface area contributed by atoms with Crippen LogP contribution in [-0.2, 0) is 0 Å². The number of fused-ring (bicyclic) bond motifs is 1. The van der Waals surface area contributed by atoms with Crippen molar-refractivity contribution in [3.63, 3.8) is 0 Å². The summed E-state index contributed by atoms with van der Waals surface area (Å²) < 4.78 is 1.26. The molecule has 1 amide bonds. The predicted molar refractivity (Wildman–Crippen MR) is 87.1 cm³/mol. The highest BCUT2D eigenvalue weighted by atomic mass is 16.2. The molecule has 0 bridgehead atoms. The predicted octanol–water partition coefficient (Wildman–Crippen LogP) is 3.48. The molecule has 2 aromatic rings. The quantitative estimate of drug-likeness (QED) is 0.830. The van der Waals surface area contributed by atoms with E-state index < -0.39 is 5.91 Å². The van der Waals surface area contributed by atoms with Crippen molar-refractivity contribution in [1.82, 2.24) is 9.78 Å². The van der Waals surface area contributed by atoms with Crippen molar-refractivity contribution in [1.29, 1.82) is 0 Å². The van der Waals surface area contributed by atoms with E-state index in [1.54, 1.807) is 6.07 Å². The Morgan fingerprint density at radius 2 is 2.05 bits per heavy atom. The molecule has 1 aromatic carbocycles. The molecule has 1 unspecified atom stereocenters. The molecule has 1 atom stereocenters. The first-order valence-corrected chi connectivity index (χ1v) is 7.79. The second-order valence-electron chi connectivity index (χ2n) is 5.78. The summed E-state index contributed by atoms with van der Waals surface area (Å²) in [6, 6.07) is 5.70. The summed E-state index contributed by atoms with van der Waals surface area (Å²) in [6.07, 6.45) is 4.54. The highest BCUT2D eigenvalue weighted by Gasteiger charge is 2.21. The largest absolute Gasteiger partial charge is 0.364 e. The van der Waals surface area contributed by atoms with Crippen molar-refractivity contribution in [2.75, 3.05) is 0 Å². The molecule has 2 N–H and O–H groups in total. The van der Waals surface area contributed by atoms with Crippen LogP contribution in [-0.4, -0.2) is 21.6 Å². The minimum absolute atomic E-state index is 0.183. The van der Waals surface area contributed by atoms with Crippen molar-refractivity contribution in [2.24, 2.45) is 5.73 Å². The Balaban J connectivity index is 2.55. The number of primary amides is 1. The number of rotatable bonds is 6. The number of benzene rings is 1. The van der Waals surface area contributed by atoms with Crippen molar-refractivity contribution >= 4 is 22.7 Å². The number of hydrogen-bond acceptors (Lipinski definition) is 3. The molecule has 5 heteroatoms. The van der Waals surface area contributed by atoms with E-state index in [0.717, 1.165) is 18.4 Å². The number of carbonyl (C=O) groups is 2. The van der Waals surface area contributed by atoms with Gasteiger partial charge in [0.25, 0.3) is 5.91 Å². The standard InChI is InChI=1S/C17H23N3O2/c1-4-5-6-8-11(2)13-9-7-10-14-15(13)16(17(18)22)19-20(14)12(3)21/h7,9-11H,4-6,8H2,1-3H3,(H2,18,22). The van der Waals surface area contributed by atoms with E-state index in [1.807, 2.05) is 12.1 Å². The lowest BCUT2D eigenvalue weighted by atomic mass is 9.91. The molecule has 22 heavy (non-hydrogen) atoms. The van der Waals surface area contributed by atoms with E-state index >= 15 is 0 Å². The second-order valence-corrected chi connectivity index (χ2v) is 5.78. The van der Waals surface area contributed by atoms with Gasteiger partial charge in [0.15, 0.2) is 5.69 Å². The third kappa shape index (κ3) is 3.03. The van der Waals surface area contributed by atoms with E-state index in [-0.39, 0.29) is 17.5 Å². The van der Waals surface area contributed by atoms with Gasteiger partial charge in [-0.3, -0.25) is 9.59 Å². The van der Waals surface area contributed by atoms with Crippen molar-refractivity contribution in [3.05, 3.63) is 29.5 Å². The van der Waals surface area contributed by atoms with Gasteiger partial charge >= 0.3 is 0 Å². The van der Waals surface area contributed by atoms with Gasteiger partial charge in [0.2, 0.25) is 5.91 Å². The van der Waals surface area contributed by atoms with Gasteiger partial charge in [0, 0.05) is 12.3 Å². The van der Waals surface area contributed by atoms with Gasteiger partial charge < -0.3 is 5.73 Å². The molecule has 1 heterocycles. The smallest absolute Gasteiger partial charge is 0.269 e. The van der Waals surface area contributed by atoms with Crippen LogP contribution in [0.3, 0.4) is 0 Å². The van der Waals surface area contributed by atoms with Gasteiger partial charge in [-0.15, -0.1) is 0 Å². The normalized spacial score (nSPS) is 12.5. The van der Waals surface area contributed by atoms with Crippen molar-refractivity contribution < 1.29 is 9.59 Å². The van der Waals surface area contributed by atoms with Crippen LogP contribution in [0.5, 0.6) is 0 Å². The molecular weight excluding hydrogens is 278 g/mol. The number of aromatic nitrogens is 2. The maximum atomic E-state index is 11.7. The van der Waals surface area contributed by atoms with Gasteiger partial charge in [0.05, 0.1) is 5.52 Å². The minimum Gasteiger partial charge on any atom is -0.364 e. The molecule has 0 fully saturated rings. The first kappa shape index (κ1) is 16.2. The molecule has 0 spiro atoms. The highest BCUT2D eigenvalue weighted by Crippen LogP contribution is 2.31. The molecule has 118 valence electrons. The maximum Gasteiger partial charge on any atom is 0.269 e. The first-order valence-electron chi connectivity index (χ1n) is 7.79.